The minimum atomic E-state index is -0.663. The summed E-state index contributed by atoms with van der Waals surface area (Å²) in [4.78, 5) is 48.2. The normalized spacial score (nSPS) is 19.8. The van der Waals surface area contributed by atoms with Gasteiger partial charge in [-0.05, 0) is 82.4 Å². The third kappa shape index (κ3) is 9.06. The van der Waals surface area contributed by atoms with E-state index < -0.39 is 18.0 Å². The molecule has 6 heterocycles. The highest BCUT2D eigenvalue weighted by atomic mass is 35.5. The van der Waals surface area contributed by atoms with Gasteiger partial charge in [-0.15, -0.1) is 0 Å². The van der Waals surface area contributed by atoms with Gasteiger partial charge in [0.1, 0.15) is 18.0 Å². The van der Waals surface area contributed by atoms with Crippen LogP contribution in [0.3, 0.4) is 0 Å². The molecule has 4 N–H and O–H groups in total. The molecule has 312 valence electrons. The number of imide groups is 1. The van der Waals surface area contributed by atoms with Gasteiger partial charge in [0.05, 0.1) is 23.3 Å². The molecule has 3 saturated heterocycles. The Balaban J connectivity index is 0.718. The Morgan fingerprint density at radius 3 is 2.51 bits per heavy atom. The smallest absolute Gasteiger partial charge is 0.255 e. The van der Waals surface area contributed by atoms with Gasteiger partial charge in [0, 0.05) is 90.1 Å². The summed E-state index contributed by atoms with van der Waals surface area (Å²) in [6.07, 6.45) is 12.4. The average molecular weight is 847 g/mol. The maximum Gasteiger partial charge on any atom is 0.255 e. The number of ether oxygens (including phenoxy) is 1. The third-order valence-corrected chi connectivity index (χ3v) is 12.8. The lowest BCUT2D eigenvalue weighted by Gasteiger charge is -2.40. The Hall–Kier alpha value is -4.76. The molecule has 59 heavy (non-hydrogen) atoms. The number of unbranched alkanes of at least 4 members (excludes halogenated alkanes) is 3. The molecule has 13 nitrogen and oxygen atoms in total. The van der Waals surface area contributed by atoms with Gasteiger partial charge >= 0.3 is 0 Å². The largest absolute Gasteiger partial charge is 0.482 e. The second-order valence-electron chi connectivity index (χ2n) is 16.2. The zero-order valence-corrected chi connectivity index (χ0v) is 34.7. The fourth-order valence-electron chi connectivity index (χ4n) is 8.78. The highest BCUT2D eigenvalue weighted by Crippen LogP contribution is 2.38. The van der Waals surface area contributed by atoms with Crippen molar-refractivity contribution >= 4 is 52.4 Å². The summed E-state index contributed by atoms with van der Waals surface area (Å²) >= 11 is 12.5. The van der Waals surface area contributed by atoms with Crippen LogP contribution in [0.25, 0.3) is 11.1 Å². The second-order valence-corrected chi connectivity index (χ2v) is 16.9. The third-order valence-electron chi connectivity index (χ3n) is 12.1. The van der Waals surface area contributed by atoms with Crippen LogP contribution in [-0.2, 0) is 16.1 Å². The quantitative estimate of drug-likeness (QED) is 0.0658. The molecule has 0 bridgehead atoms. The van der Waals surface area contributed by atoms with E-state index in [9.17, 15) is 18.8 Å². The number of rotatable bonds is 15. The highest BCUT2D eigenvalue weighted by Gasteiger charge is 2.40. The van der Waals surface area contributed by atoms with Gasteiger partial charge in [-0.2, -0.15) is 5.10 Å². The first-order valence-corrected chi connectivity index (χ1v) is 21.4. The molecule has 4 aliphatic heterocycles. The van der Waals surface area contributed by atoms with E-state index in [0.717, 1.165) is 74.5 Å². The van der Waals surface area contributed by atoms with Crippen LogP contribution in [0.1, 0.15) is 91.9 Å². The molecule has 0 aliphatic carbocycles. The number of fused-ring (bicyclic) bond motifs is 1. The van der Waals surface area contributed by atoms with Crippen LogP contribution >= 0.6 is 23.2 Å². The number of piperidine rings is 2. The van der Waals surface area contributed by atoms with E-state index in [-0.39, 0.29) is 35.0 Å². The molecule has 8 rings (SSSR count). The predicted molar refractivity (Wildman–Crippen MR) is 225 cm³/mol. The zero-order chi connectivity index (χ0) is 41.2. The first-order valence-electron chi connectivity index (χ1n) is 20.6. The van der Waals surface area contributed by atoms with Crippen LogP contribution in [-0.4, -0.2) is 98.5 Å². The number of halogens is 3. The number of nitrogens with two attached hydrogens (primary N) is 1. The van der Waals surface area contributed by atoms with Crippen LogP contribution < -0.4 is 21.1 Å². The molecule has 0 saturated carbocycles. The highest BCUT2D eigenvalue weighted by molar-refractivity contribution is 6.36. The maximum atomic E-state index is 14.1. The number of nitrogen functional groups attached to an aromatic ring is 1. The van der Waals surface area contributed by atoms with Crippen molar-refractivity contribution in [3.05, 3.63) is 87.5 Å². The number of nitrogens with one attached hydrogen (secondary N) is 2. The Kier molecular flexibility index (Phi) is 12.4. The van der Waals surface area contributed by atoms with Crippen molar-refractivity contribution in [1.82, 2.24) is 34.8 Å². The van der Waals surface area contributed by atoms with E-state index in [4.69, 9.17) is 38.8 Å². The van der Waals surface area contributed by atoms with Gasteiger partial charge in [-0.1, -0.05) is 42.1 Å². The van der Waals surface area contributed by atoms with Crippen molar-refractivity contribution in [2.75, 3.05) is 50.3 Å². The number of carbonyl (C=O) groups is 3. The van der Waals surface area contributed by atoms with Crippen LogP contribution in [0.2, 0.25) is 10.0 Å². The maximum absolute atomic E-state index is 14.1. The Morgan fingerprint density at radius 2 is 1.75 bits per heavy atom. The number of benzene rings is 2. The lowest BCUT2D eigenvalue weighted by atomic mass is 10.0. The number of pyridine rings is 1. The number of likely N-dealkylation sites (tertiary alicyclic amines) is 2. The van der Waals surface area contributed by atoms with Crippen molar-refractivity contribution in [2.45, 2.75) is 89.1 Å². The number of hydrogen-bond donors (Lipinski definition) is 3. The van der Waals surface area contributed by atoms with Crippen LogP contribution in [0, 0.1) is 5.82 Å². The summed E-state index contributed by atoms with van der Waals surface area (Å²) in [5.41, 5.74) is 10.7. The number of carbonyl (C=O) groups excluding carboxylic acids is 3. The molecule has 3 fully saturated rings. The van der Waals surface area contributed by atoms with Crippen LogP contribution in [0.4, 0.5) is 15.9 Å². The van der Waals surface area contributed by atoms with Crippen molar-refractivity contribution in [1.29, 1.82) is 0 Å². The summed E-state index contributed by atoms with van der Waals surface area (Å²) in [5, 5.41) is 10.9. The van der Waals surface area contributed by atoms with E-state index in [1.165, 1.54) is 37.8 Å². The molecule has 2 aromatic heterocycles. The standard InChI is InChI=1S/C43H50Cl2FN9O4/c1-26(39-33(44)9-10-34(46)40(39)45)59-37-19-27(20-48-41(37)47)28-21-49-55(22-28)30-13-17-52(18-14-30)15-4-2-3-5-16-53-23-29(24-53)50-35-8-6-7-31-32(35)25-54(43(31)58)36-11-12-38(56)51-42(36)57/h6-10,19-22,26,29-30,36,50H,2-5,11-18,23-25H2,1H3,(H2,47,48)(H,51,56,57)/t26-,36?/m0/s1. The molecule has 2 aromatic carbocycles. The van der Waals surface area contributed by atoms with E-state index >= 15 is 0 Å². The van der Waals surface area contributed by atoms with Crippen molar-refractivity contribution in [2.24, 2.45) is 0 Å². The average Bonchev–Trinajstić information content (AvgIpc) is 3.83. The number of amides is 3. The number of nitrogens with zero attached hydrogens (tertiary/aromatic N) is 6. The lowest BCUT2D eigenvalue weighted by Crippen LogP contribution is -2.54. The molecule has 3 amide bonds. The molecule has 4 aliphatic rings. The number of aromatic nitrogens is 3. The van der Waals surface area contributed by atoms with E-state index in [1.54, 1.807) is 18.0 Å². The zero-order valence-electron chi connectivity index (χ0n) is 33.1. The Bertz CT molecular complexity index is 2210. The van der Waals surface area contributed by atoms with Crippen molar-refractivity contribution in [3.8, 4) is 16.9 Å². The summed E-state index contributed by atoms with van der Waals surface area (Å²) < 4.78 is 22.3. The first kappa shape index (κ1) is 41.0. The topological polar surface area (TPSA) is 151 Å². The molecule has 1 unspecified atom stereocenters. The van der Waals surface area contributed by atoms with Gasteiger partial charge in [-0.25, -0.2) is 9.37 Å². The minimum absolute atomic E-state index is 0.0820. The van der Waals surface area contributed by atoms with Crippen LogP contribution in [0.15, 0.2) is 55.0 Å². The molecule has 16 heteroatoms. The fourth-order valence-corrected chi connectivity index (χ4v) is 9.45. The van der Waals surface area contributed by atoms with Gasteiger partial charge in [0.15, 0.2) is 11.6 Å². The molecule has 2 atom stereocenters. The van der Waals surface area contributed by atoms with Crippen LogP contribution in [0.5, 0.6) is 5.75 Å². The minimum Gasteiger partial charge on any atom is -0.482 e. The van der Waals surface area contributed by atoms with E-state index in [0.29, 0.717) is 46.9 Å². The lowest BCUT2D eigenvalue weighted by molar-refractivity contribution is -0.136. The molecular formula is C43H50Cl2FN9O4. The molecular weight excluding hydrogens is 796 g/mol. The van der Waals surface area contributed by atoms with E-state index in [2.05, 4.69) is 30.1 Å². The van der Waals surface area contributed by atoms with E-state index in [1.807, 2.05) is 36.7 Å². The summed E-state index contributed by atoms with van der Waals surface area (Å²) in [7, 11) is 0. The predicted octanol–water partition coefficient (Wildman–Crippen LogP) is 6.87. The summed E-state index contributed by atoms with van der Waals surface area (Å²) in [5.74, 6) is -0.827. The molecule has 0 spiro atoms. The summed E-state index contributed by atoms with van der Waals surface area (Å²) in [6.45, 7) is 8.33. The Labute approximate surface area is 353 Å². The monoisotopic (exact) mass is 845 g/mol. The summed E-state index contributed by atoms with van der Waals surface area (Å²) in [6, 6.07) is 10.3. The fraction of sp³-hybridized carbons (Fsp3) is 0.465. The molecule has 4 aromatic rings. The van der Waals surface area contributed by atoms with Gasteiger partial charge in [0.2, 0.25) is 11.8 Å². The van der Waals surface area contributed by atoms with Gasteiger partial charge < -0.3 is 25.6 Å². The SMILES string of the molecule is C[C@H](Oc1cc(-c2cnn(C3CCN(CCCCCCN4CC(Nc5cccc6c5CN(C5CCC(=O)NC5=O)C6=O)C4)CC3)c2)cnc1N)c1c(Cl)ccc(F)c1Cl. The van der Waals surface area contributed by atoms with Crippen molar-refractivity contribution < 1.29 is 23.5 Å². The number of hydrogen-bond acceptors (Lipinski definition) is 10. The van der Waals surface area contributed by atoms with Gasteiger partial charge in [-0.3, -0.25) is 29.3 Å². The first-order chi connectivity index (χ1) is 28.5. The van der Waals surface area contributed by atoms with Gasteiger partial charge in [0.25, 0.3) is 5.91 Å². The second kappa shape index (κ2) is 17.8. The van der Waals surface area contributed by atoms with Crippen molar-refractivity contribution in [3.63, 3.8) is 0 Å². The Morgan fingerprint density at radius 1 is 0.983 bits per heavy atom. The molecule has 0 radical (unpaired) electrons. The number of anilines is 2.